The van der Waals surface area contributed by atoms with Crippen LogP contribution in [-0.2, 0) is 16.6 Å². The summed E-state index contributed by atoms with van der Waals surface area (Å²) in [7, 11) is -3.88. The molecule has 0 aromatic carbocycles. The number of alkyl halides is 3. The quantitative estimate of drug-likeness (QED) is 0.798. The van der Waals surface area contributed by atoms with Crippen LogP contribution >= 0.6 is 0 Å². The summed E-state index contributed by atoms with van der Waals surface area (Å²) in [6.45, 7) is -1.26. The van der Waals surface area contributed by atoms with Crippen LogP contribution in [0.2, 0.25) is 0 Å². The van der Waals surface area contributed by atoms with Crippen LogP contribution < -0.4 is 10.5 Å². The number of aromatic nitrogens is 2. The molecular weight excluding hydrogens is 297 g/mol. The van der Waals surface area contributed by atoms with Crippen LogP contribution in [0.15, 0.2) is 17.3 Å². The van der Waals surface area contributed by atoms with E-state index in [4.69, 9.17) is 5.73 Å². The van der Waals surface area contributed by atoms with Gasteiger partial charge >= 0.3 is 6.18 Å². The molecule has 0 spiro atoms. The maximum atomic E-state index is 12.2. The van der Waals surface area contributed by atoms with Crippen molar-refractivity contribution in [3.05, 3.63) is 12.4 Å². The van der Waals surface area contributed by atoms with Gasteiger partial charge in [0.1, 0.15) is 11.4 Å². The number of halogens is 3. The molecule has 1 aromatic heterocycles. The molecule has 6 nitrogen and oxygen atoms in total. The lowest BCUT2D eigenvalue weighted by molar-refractivity contribution is -0.142. The molecule has 1 heterocycles. The molecule has 114 valence electrons. The lowest BCUT2D eigenvalue weighted by atomic mass is 10.2. The highest BCUT2D eigenvalue weighted by atomic mass is 32.2. The minimum Gasteiger partial charge on any atom is -0.326 e. The van der Waals surface area contributed by atoms with Gasteiger partial charge in [0.2, 0.25) is 10.0 Å². The summed E-state index contributed by atoms with van der Waals surface area (Å²) in [6.07, 6.45) is -0.761. The number of nitrogens with one attached hydrogen (secondary N) is 1. The van der Waals surface area contributed by atoms with Crippen molar-refractivity contribution in [2.75, 3.05) is 6.54 Å². The number of hydrogen-bond acceptors (Lipinski definition) is 4. The van der Waals surface area contributed by atoms with Crippen molar-refractivity contribution in [2.45, 2.75) is 36.5 Å². The number of sulfonamides is 1. The molecule has 0 aliphatic heterocycles. The third-order valence-corrected chi connectivity index (χ3v) is 4.38. The van der Waals surface area contributed by atoms with E-state index in [9.17, 15) is 21.6 Å². The fraction of sp³-hybridized carbons (Fsp3) is 0.700. The van der Waals surface area contributed by atoms with Crippen LogP contribution in [0.1, 0.15) is 12.8 Å². The summed E-state index contributed by atoms with van der Waals surface area (Å²) in [4.78, 5) is -0.301. The van der Waals surface area contributed by atoms with Crippen LogP contribution in [0, 0.1) is 5.92 Å². The summed E-state index contributed by atoms with van der Waals surface area (Å²) in [5.74, 6) is 0.325. The van der Waals surface area contributed by atoms with Crippen LogP contribution in [-0.4, -0.2) is 37.0 Å². The van der Waals surface area contributed by atoms with E-state index in [1.165, 1.54) is 0 Å². The van der Waals surface area contributed by atoms with E-state index in [-0.39, 0.29) is 17.5 Å². The predicted molar refractivity (Wildman–Crippen MR) is 64.2 cm³/mol. The van der Waals surface area contributed by atoms with Crippen molar-refractivity contribution in [2.24, 2.45) is 11.7 Å². The van der Waals surface area contributed by atoms with Crippen molar-refractivity contribution in [1.82, 2.24) is 14.5 Å². The molecule has 0 saturated heterocycles. The molecule has 1 aliphatic rings. The first-order valence-electron chi connectivity index (χ1n) is 6.02. The lowest BCUT2D eigenvalue weighted by Gasteiger charge is -2.11. The highest BCUT2D eigenvalue weighted by Crippen LogP contribution is 2.31. The van der Waals surface area contributed by atoms with Crippen molar-refractivity contribution >= 4 is 10.0 Å². The van der Waals surface area contributed by atoms with E-state index in [1.807, 2.05) is 0 Å². The molecule has 1 aliphatic carbocycles. The number of nitrogens with two attached hydrogens (primary N) is 1. The summed E-state index contributed by atoms with van der Waals surface area (Å²) < 4.78 is 63.0. The molecule has 1 atom stereocenters. The van der Waals surface area contributed by atoms with Gasteiger partial charge in [-0.05, 0) is 18.8 Å². The summed E-state index contributed by atoms with van der Waals surface area (Å²) in [6, 6.07) is -0.269. The zero-order valence-corrected chi connectivity index (χ0v) is 11.3. The lowest BCUT2D eigenvalue weighted by Crippen LogP contribution is -2.38. The zero-order valence-electron chi connectivity index (χ0n) is 10.5. The zero-order chi connectivity index (χ0) is 15.0. The van der Waals surface area contributed by atoms with E-state index in [2.05, 4.69) is 9.82 Å². The maximum absolute atomic E-state index is 12.2. The molecule has 20 heavy (non-hydrogen) atoms. The Kier molecular flexibility index (Phi) is 4.07. The Labute approximate surface area is 114 Å². The molecule has 1 fully saturated rings. The normalized spacial score (nSPS) is 18.2. The topological polar surface area (TPSA) is 90.0 Å². The minimum atomic E-state index is -4.45. The standard InChI is InChI=1S/C10H15F3N4O2S/c11-10(12,13)6-17-5-8(3-15-17)20(18,19)16-4-9(14)7-1-2-7/h3,5,7,9,16H,1-2,4,6,14H2. The Balaban J connectivity index is 1.98. The summed E-state index contributed by atoms with van der Waals surface area (Å²) in [5, 5.41) is 3.39. The van der Waals surface area contributed by atoms with Crippen LogP contribution in [0.5, 0.6) is 0 Å². The molecule has 0 radical (unpaired) electrons. The average Bonchev–Trinajstić information content (AvgIpc) is 3.05. The second-order valence-electron chi connectivity index (χ2n) is 4.84. The number of rotatable bonds is 6. The fourth-order valence-electron chi connectivity index (χ4n) is 1.73. The second-order valence-corrected chi connectivity index (χ2v) is 6.61. The molecule has 1 aromatic rings. The van der Waals surface area contributed by atoms with Crippen LogP contribution in [0.4, 0.5) is 13.2 Å². The Hall–Kier alpha value is -1.13. The predicted octanol–water partition coefficient (Wildman–Crippen LogP) is 0.461. The molecule has 0 amide bonds. The van der Waals surface area contributed by atoms with Crippen LogP contribution in [0.3, 0.4) is 0 Å². The Morgan fingerprint density at radius 2 is 2.15 bits per heavy atom. The van der Waals surface area contributed by atoms with Gasteiger partial charge in [0.25, 0.3) is 0 Å². The fourth-order valence-corrected chi connectivity index (χ4v) is 2.76. The van der Waals surface area contributed by atoms with E-state index in [0.717, 1.165) is 25.2 Å². The van der Waals surface area contributed by atoms with Crippen LogP contribution in [0.25, 0.3) is 0 Å². The summed E-state index contributed by atoms with van der Waals surface area (Å²) >= 11 is 0. The third kappa shape index (κ3) is 4.18. The second kappa shape index (κ2) is 5.34. The number of hydrogen-bond donors (Lipinski definition) is 2. The molecule has 10 heteroatoms. The molecule has 2 rings (SSSR count). The summed E-state index contributed by atoms with van der Waals surface area (Å²) in [5.41, 5.74) is 5.76. The third-order valence-electron chi connectivity index (χ3n) is 3.00. The maximum Gasteiger partial charge on any atom is 0.408 e. The molecule has 0 bridgehead atoms. The van der Waals surface area contributed by atoms with Gasteiger partial charge in [-0.25, -0.2) is 13.1 Å². The van der Waals surface area contributed by atoms with Crippen molar-refractivity contribution in [3.63, 3.8) is 0 Å². The minimum absolute atomic E-state index is 0.0669. The molecule has 3 N–H and O–H groups in total. The van der Waals surface area contributed by atoms with Gasteiger partial charge in [-0.3, -0.25) is 4.68 Å². The monoisotopic (exact) mass is 312 g/mol. The molecule has 1 unspecified atom stereocenters. The molecule has 1 saturated carbocycles. The van der Waals surface area contributed by atoms with E-state index in [1.54, 1.807) is 0 Å². The van der Waals surface area contributed by atoms with Gasteiger partial charge in [0, 0.05) is 18.8 Å². The first-order valence-corrected chi connectivity index (χ1v) is 7.50. The molecular formula is C10H15F3N4O2S. The highest BCUT2D eigenvalue weighted by Gasteiger charge is 2.31. The van der Waals surface area contributed by atoms with E-state index < -0.39 is 22.7 Å². The number of nitrogens with zero attached hydrogens (tertiary/aromatic N) is 2. The van der Waals surface area contributed by atoms with Crippen molar-refractivity contribution in [3.8, 4) is 0 Å². The largest absolute Gasteiger partial charge is 0.408 e. The SMILES string of the molecule is NC(CNS(=O)(=O)c1cnn(CC(F)(F)F)c1)C1CC1. The van der Waals surface area contributed by atoms with E-state index in [0.29, 0.717) is 10.6 Å². The highest BCUT2D eigenvalue weighted by molar-refractivity contribution is 7.89. The van der Waals surface area contributed by atoms with E-state index >= 15 is 0 Å². The van der Waals surface area contributed by atoms with Crippen molar-refractivity contribution in [1.29, 1.82) is 0 Å². The smallest absolute Gasteiger partial charge is 0.326 e. The Morgan fingerprint density at radius 3 is 2.70 bits per heavy atom. The Bertz CT molecular complexity index is 565. The average molecular weight is 312 g/mol. The first-order chi connectivity index (χ1) is 9.17. The van der Waals surface area contributed by atoms with Crippen molar-refractivity contribution < 1.29 is 21.6 Å². The van der Waals surface area contributed by atoms with Gasteiger partial charge in [-0.15, -0.1) is 0 Å². The van der Waals surface area contributed by atoms with Gasteiger partial charge in [0.05, 0.1) is 6.20 Å². The van der Waals surface area contributed by atoms with Gasteiger partial charge in [-0.2, -0.15) is 18.3 Å². The Morgan fingerprint density at radius 1 is 1.50 bits per heavy atom. The van der Waals surface area contributed by atoms with Gasteiger partial charge in [0.15, 0.2) is 0 Å². The first kappa shape index (κ1) is 15.3. The van der Waals surface area contributed by atoms with Gasteiger partial charge in [-0.1, -0.05) is 0 Å². The van der Waals surface area contributed by atoms with Gasteiger partial charge < -0.3 is 5.73 Å².